The summed E-state index contributed by atoms with van der Waals surface area (Å²) in [6, 6.07) is 3.38. The van der Waals surface area contributed by atoms with Crippen molar-refractivity contribution in [3.63, 3.8) is 0 Å². The van der Waals surface area contributed by atoms with E-state index in [1.54, 1.807) is 24.0 Å². The van der Waals surface area contributed by atoms with Gasteiger partial charge < -0.3 is 15.0 Å². The molecule has 1 aliphatic rings. The first-order chi connectivity index (χ1) is 15.3. The number of nitrogens with one attached hydrogen (secondary N) is 1. The second kappa shape index (κ2) is 9.82. The highest BCUT2D eigenvalue weighted by Gasteiger charge is 2.30. The third-order valence-corrected chi connectivity index (χ3v) is 6.02. The van der Waals surface area contributed by atoms with Crippen molar-refractivity contribution in [1.29, 1.82) is 0 Å². The molecule has 7 nitrogen and oxygen atoms in total. The van der Waals surface area contributed by atoms with E-state index in [1.165, 1.54) is 0 Å². The number of ether oxygens (including phenoxy) is 1. The molecule has 1 aromatic carbocycles. The molecule has 33 heavy (non-hydrogen) atoms. The molecule has 1 saturated heterocycles. The van der Waals surface area contributed by atoms with E-state index in [0.717, 1.165) is 22.9 Å². The number of fused-ring (bicyclic) bond motifs is 1. The summed E-state index contributed by atoms with van der Waals surface area (Å²) in [6.45, 7) is 9.10. The number of aryl methyl sites for hydroxylation is 1. The largest absolute Gasteiger partial charge is 0.444 e. The first kappa shape index (κ1) is 25.2. The molecule has 0 saturated carbocycles. The van der Waals surface area contributed by atoms with Gasteiger partial charge in [0.15, 0.2) is 0 Å². The topological polar surface area (TPSA) is 76.5 Å². The zero-order chi connectivity index (χ0) is 24.4. The summed E-state index contributed by atoms with van der Waals surface area (Å²) in [7, 11) is 0. The standard InChI is InChI=1S/C22H29F3N4O3S/c1-14-16(19(30)26-8-10-33-22(23,24)25)5-6-18-17(14)13-29(27-18)12-15-7-9-28(11-15)20(31)32-21(2,3)4/h5-6,13,15H,7-12H2,1-4H3,(H,26,30)/t15-/m1/s1. The maximum absolute atomic E-state index is 12.4. The van der Waals surface area contributed by atoms with Crippen LogP contribution >= 0.6 is 11.8 Å². The van der Waals surface area contributed by atoms with E-state index < -0.39 is 17.0 Å². The molecule has 0 unspecified atom stereocenters. The van der Waals surface area contributed by atoms with E-state index >= 15 is 0 Å². The third kappa shape index (κ3) is 7.02. The van der Waals surface area contributed by atoms with Crippen molar-refractivity contribution in [1.82, 2.24) is 20.0 Å². The van der Waals surface area contributed by atoms with Gasteiger partial charge in [0, 0.05) is 49.1 Å². The Morgan fingerprint density at radius 3 is 2.67 bits per heavy atom. The van der Waals surface area contributed by atoms with Crippen LogP contribution in [0.3, 0.4) is 0 Å². The van der Waals surface area contributed by atoms with Crippen LogP contribution in [0, 0.1) is 12.8 Å². The predicted octanol–water partition coefficient (Wildman–Crippen LogP) is 4.58. The summed E-state index contributed by atoms with van der Waals surface area (Å²) in [4.78, 5) is 26.4. The van der Waals surface area contributed by atoms with Gasteiger partial charge in [-0.15, -0.1) is 0 Å². The molecular formula is C22H29F3N4O3S. The molecule has 1 N–H and O–H groups in total. The first-order valence-electron chi connectivity index (χ1n) is 10.8. The zero-order valence-electron chi connectivity index (χ0n) is 19.2. The van der Waals surface area contributed by atoms with Gasteiger partial charge in [0.1, 0.15) is 5.60 Å². The minimum absolute atomic E-state index is 0.0738. The van der Waals surface area contributed by atoms with E-state index in [2.05, 4.69) is 10.4 Å². The minimum Gasteiger partial charge on any atom is -0.444 e. The summed E-state index contributed by atoms with van der Waals surface area (Å²) in [5, 5.41) is 7.94. The number of hydrogen-bond donors (Lipinski definition) is 1. The average Bonchev–Trinajstić information content (AvgIpc) is 3.31. The van der Waals surface area contributed by atoms with Crippen molar-refractivity contribution in [2.45, 2.75) is 51.8 Å². The summed E-state index contributed by atoms with van der Waals surface area (Å²) in [6.07, 6.45) is 2.41. The number of carbonyl (C=O) groups is 2. The highest BCUT2D eigenvalue weighted by molar-refractivity contribution is 8.00. The molecular weight excluding hydrogens is 457 g/mol. The second-order valence-corrected chi connectivity index (χ2v) is 10.3. The Morgan fingerprint density at radius 2 is 2.00 bits per heavy atom. The molecule has 11 heteroatoms. The van der Waals surface area contributed by atoms with E-state index in [9.17, 15) is 22.8 Å². The number of aromatic nitrogens is 2. The predicted molar refractivity (Wildman–Crippen MR) is 121 cm³/mol. The van der Waals surface area contributed by atoms with Crippen molar-refractivity contribution >= 4 is 34.7 Å². The quantitative estimate of drug-likeness (QED) is 0.605. The van der Waals surface area contributed by atoms with Crippen LogP contribution < -0.4 is 5.32 Å². The maximum atomic E-state index is 12.4. The molecule has 2 aromatic rings. The van der Waals surface area contributed by atoms with Crippen molar-refractivity contribution in [3.8, 4) is 0 Å². The van der Waals surface area contributed by atoms with Crippen molar-refractivity contribution in [3.05, 3.63) is 29.5 Å². The molecule has 1 atom stereocenters. The van der Waals surface area contributed by atoms with E-state index in [1.807, 2.05) is 31.6 Å². The molecule has 1 fully saturated rings. The van der Waals surface area contributed by atoms with Crippen molar-refractivity contribution in [2.24, 2.45) is 5.92 Å². The van der Waals surface area contributed by atoms with Gasteiger partial charge in [-0.05, 0) is 69.5 Å². The molecule has 0 spiro atoms. The van der Waals surface area contributed by atoms with Crippen LogP contribution in [0.4, 0.5) is 18.0 Å². The van der Waals surface area contributed by atoms with Crippen LogP contribution in [-0.4, -0.2) is 63.2 Å². The number of halogens is 3. The van der Waals surface area contributed by atoms with Crippen LogP contribution in [0.15, 0.2) is 18.3 Å². The summed E-state index contributed by atoms with van der Waals surface area (Å²) < 4.78 is 44.0. The number of amides is 2. The van der Waals surface area contributed by atoms with Crippen LogP contribution in [0.25, 0.3) is 10.9 Å². The van der Waals surface area contributed by atoms with Gasteiger partial charge in [-0.2, -0.15) is 18.3 Å². The zero-order valence-corrected chi connectivity index (χ0v) is 20.0. The molecule has 182 valence electrons. The van der Waals surface area contributed by atoms with Gasteiger partial charge >= 0.3 is 11.6 Å². The SMILES string of the molecule is Cc1c(C(=O)NCCSC(F)(F)F)ccc2nn(C[C@@H]3CCN(C(=O)OC(C)(C)C)C3)cc12. The Labute approximate surface area is 195 Å². The van der Waals surface area contributed by atoms with Gasteiger partial charge in [0.05, 0.1) is 5.52 Å². The Balaban J connectivity index is 1.61. The van der Waals surface area contributed by atoms with Gasteiger partial charge in [0.2, 0.25) is 0 Å². The molecule has 1 aromatic heterocycles. The smallest absolute Gasteiger partial charge is 0.441 e. The number of thioether (sulfide) groups is 1. The Bertz CT molecular complexity index is 1020. The van der Waals surface area contributed by atoms with Gasteiger partial charge in [-0.25, -0.2) is 4.79 Å². The number of hydrogen-bond acceptors (Lipinski definition) is 5. The lowest BCUT2D eigenvalue weighted by molar-refractivity contribution is -0.0327. The lowest BCUT2D eigenvalue weighted by atomic mass is 10.0. The van der Waals surface area contributed by atoms with Gasteiger partial charge in [-0.1, -0.05) is 0 Å². The summed E-state index contributed by atoms with van der Waals surface area (Å²) in [5.74, 6) is -0.411. The number of carbonyl (C=O) groups excluding carboxylic acids is 2. The molecule has 0 radical (unpaired) electrons. The van der Waals surface area contributed by atoms with Gasteiger partial charge in [0.25, 0.3) is 5.91 Å². The Hall–Kier alpha value is -2.43. The molecule has 1 aliphatic heterocycles. The van der Waals surface area contributed by atoms with E-state index in [-0.39, 0.29) is 36.1 Å². The van der Waals surface area contributed by atoms with Crippen LogP contribution in [-0.2, 0) is 11.3 Å². The highest BCUT2D eigenvalue weighted by Crippen LogP contribution is 2.29. The van der Waals surface area contributed by atoms with Crippen LogP contribution in [0.2, 0.25) is 0 Å². The minimum atomic E-state index is -4.31. The van der Waals surface area contributed by atoms with E-state index in [4.69, 9.17) is 4.74 Å². The number of alkyl halides is 3. The lowest BCUT2D eigenvalue weighted by Crippen LogP contribution is -2.35. The Kier molecular flexibility index (Phi) is 7.50. The fraction of sp³-hybridized carbons (Fsp3) is 0.591. The number of rotatable bonds is 6. The fourth-order valence-electron chi connectivity index (χ4n) is 3.79. The Morgan fingerprint density at radius 1 is 1.27 bits per heavy atom. The lowest BCUT2D eigenvalue weighted by Gasteiger charge is -2.24. The molecule has 3 rings (SSSR count). The number of likely N-dealkylation sites (tertiary alicyclic amines) is 1. The summed E-state index contributed by atoms with van der Waals surface area (Å²) >= 11 is -0.160. The number of benzene rings is 1. The first-order valence-corrected chi connectivity index (χ1v) is 11.7. The number of nitrogens with zero attached hydrogens (tertiary/aromatic N) is 3. The molecule has 0 bridgehead atoms. The van der Waals surface area contributed by atoms with Crippen molar-refractivity contribution in [2.75, 3.05) is 25.4 Å². The average molecular weight is 487 g/mol. The van der Waals surface area contributed by atoms with Crippen LogP contribution in [0.1, 0.15) is 43.1 Å². The third-order valence-electron chi connectivity index (χ3n) is 5.29. The normalized spacial score (nSPS) is 16.9. The van der Waals surface area contributed by atoms with Gasteiger partial charge in [-0.3, -0.25) is 9.48 Å². The van der Waals surface area contributed by atoms with E-state index in [0.29, 0.717) is 25.2 Å². The highest BCUT2D eigenvalue weighted by atomic mass is 32.2. The maximum Gasteiger partial charge on any atom is 0.441 e. The molecule has 2 amide bonds. The second-order valence-electron chi connectivity index (χ2n) is 9.15. The van der Waals surface area contributed by atoms with Crippen LogP contribution in [0.5, 0.6) is 0 Å². The van der Waals surface area contributed by atoms with Crippen molar-refractivity contribution < 1.29 is 27.5 Å². The fourth-order valence-corrected chi connectivity index (χ4v) is 4.22. The summed E-state index contributed by atoms with van der Waals surface area (Å²) in [5.41, 5.74) is -2.97. The monoisotopic (exact) mass is 486 g/mol. The molecule has 2 heterocycles. The molecule has 0 aliphatic carbocycles.